The Bertz CT molecular complexity index is 981. The maximum atomic E-state index is 14.3. The van der Waals surface area contributed by atoms with Crippen LogP contribution in [0.2, 0.25) is 36.3 Å². The second-order valence-electron chi connectivity index (χ2n) is 14.8. The van der Waals surface area contributed by atoms with Gasteiger partial charge in [0.2, 0.25) is 0 Å². The average Bonchev–Trinajstić information content (AvgIpc) is 2.75. The summed E-state index contributed by atoms with van der Waals surface area (Å²) in [6, 6.07) is 10.6. The van der Waals surface area contributed by atoms with Crippen LogP contribution < -0.4 is 0 Å². The van der Waals surface area contributed by atoms with Gasteiger partial charge in [-0.25, -0.2) is 0 Å². The number of benzene rings is 1. The van der Waals surface area contributed by atoms with Crippen LogP contribution in [0.4, 0.5) is 0 Å². The van der Waals surface area contributed by atoms with Gasteiger partial charge >= 0.3 is 0 Å². The van der Waals surface area contributed by atoms with E-state index < -0.39 is 22.0 Å². The number of hydrogen-bond donors (Lipinski definition) is 0. The highest BCUT2D eigenvalue weighted by molar-refractivity contribution is 6.75. The van der Waals surface area contributed by atoms with Gasteiger partial charge in [-0.15, -0.1) is 0 Å². The first kappa shape index (κ1) is 29.2. The van der Waals surface area contributed by atoms with Gasteiger partial charge in [-0.3, -0.25) is 4.79 Å². The highest BCUT2D eigenvalue weighted by Crippen LogP contribution is 2.62. The van der Waals surface area contributed by atoms with Crippen molar-refractivity contribution < 1.29 is 13.6 Å². The van der Waals surface area contributed by atoms with Crippen molar-refractivity contribution in [3.8, 4) is 0 Å². The van der Waals surface area contributed by atoms with Gasteiger partial charge in [0, 0.05) is 5.56 Å². The predicted molar refractivity (Wildman–Crippen MR) is 158 cm³/mol. The Kier molecular flexibility index (Phi) is 7.92. The van der Waals surface area contributed by atoms with Crippen molar-refractivity contribution in [3.63, 3.8) is 0 Å². The molecule has 0 heterocycles. The zero-order valence-electron chi connectivity index (χ0n) is 25.1. The van der Waals surface area contributed by atoms with Gasteiger partial charge in [-0.2, -0.15) is 0 Å². The monoisotopic (exact) mass is 528 g/mol. The van der Waals surface area contributed by atoms with Crippen molar-refractivity contribution >= 4 is 28.4 Å². The van der Waals surface area contributed by atoms with Crippen molar-refractivity contribution in [3.05, 3.63) is 41.5 Å². The van der Waals surface area contributed by atoms with E-state index >= 15 is 0 Å². The van der Waals surface area contributed by atoms with Crippen molar-refractivity contribution in [2.24, 2.45) is 10.8 Å². The number of fused-ring (bicyclic) bond motifs is 1. The molecule has 3 rings (SSSR count). The number of carbonyl (C=O) groups excluding carboxylic acids is 1. The fourth-order valence-electron chi connectivity index (χ4n) is 5.46. The topological polar surface area (TPSA) is 35.5 Å². The van der Waals surface area contributed by atoms with Crippen LogP contribution in [-0.4, -0.2) is 22.6 Å². The first-order valence-corrected chi connectivity index (χ1v) is 19.9. The fraction of sp³-hybridized carbons (Fsp3) is 0.710. The van der Waals surface area contributed by atoms with Crippen LogP contribution in [0.5, 0.6) is 0 Å². The second-order valence-corrected chi connectivity index (χ2v) is 24.3. The highest BCUT2D eigenvalue weighted by Gasteiger charge is 2.59. The lowest BCUT2D eigenvalue weighted by Gasteiger charge is -2.55. The van der Waals surface area contributed by atoms with Crippen LogP contribution in [0.15, 0.2) is 35.9 Å². The molecule has 0 saturated heterocycles. The van der Waals surface area contributed by atoms with Crippen LogP contribution >= 0.6 is 0 Å². The molecule has 1 aromatic carbocycles. The first-order chi connectivity index (χ1) is 16.4. The van der Waals surface area contributed by atoms with Gasteiger partial charge in [0.25, 0.3) is 22.6 Å². The molecule has 2 aliphatic carbocycles. The minimum Gasteiger partial charge on any atom is -0.543 e. The Labute approximate surface area is 223 Å². The third-order valence-corrected chi connectivity index (χ3v) is 18.9. The van der Waals surface area contributed by atoms with Crippen LogP contribution in [0.25, 0.3) is 5.76 Å². The van der Waals surface area contributed by atoms with Gasteiger partial charge in [0.05, 0.1) is 5.41 Å². The van der Waals surface area contributed by atoms with Gasteiger partial charge in [0.15, 0.2) is 0 Å². The summed E-state index contributed by atoms with van der Waals surface area (Å²) in [6.45, 7) is 25.0. The summed E-state index contributed by atoms with van der Waals surface area (Å²) in [4.78, 5) is 14.3. The molecule has 1 aromatic rings. The summed E-state index contributed by atoms with van der Waals surface area (Å²) in [6.07, 6.45) is 7.10. The lowest BCUT2D eigenvalue weighted by Crippen LogP contribution is -2.55. The van der Waals surface area contributed by atoms with Crippen LogP contribution in [-0.2, 0) is 13.6 Å². The van der Waals surface area contributed by atoms with E-state index in [0.29, 0.717) is 0 Å². The maximum Gasteiger partial charge on any atom is 0.299 e. The highest BCUT2D eigenvalue weighted by atomic mass is 28.4. The van der Waals surface area contributed by atoms with E-state index in [4.69, 9.17) is 8.85 Å². The summed E-state index contributed by atoms with van der Waals surface area (Å²) in [7, 11) is -4.31. The summed E-state index contributed by atoms with van der Waals surface area (Å²) in [5.74, 6) is 1.10. The molecule has 0 N–H and O–H groups in total. The third kappa shape index (κ3) is 5.43. The van der Waals surface area contributed by atoms with E-state index in [-0.39, 0.29) is 21.5 Å². The SMILES string of the molecule is CC(C)(C)[Si](C)(C)OC(=O)[C@]12CCCC[C@]1(C)CC/C(=C(/O[Si](C)(C)C(C)(C)C)c1ccccc1)C2. The molecule has 202 valence electrons. The minimum atomic E-state index is -2.23. The quantitative estimate of drug-likeness (QED) is 0.282. The average molecular weight is 529 g/mol. The lowest BCUT2D eigenvalue weighted by molar-refractivity contribution is -0.163. The minimum absolute atomic E-state index is 0.00164. The number of carbonyl (C=O) groups is 1. The van der Waals surface area contributed by atoms with Crippen LogP contribution in [0.1, 0.15) is 99.0 Å². The van der Waals surface area contributed by atoms with Gasteiger partial charge < -0.3 is 8.85 Å². The third-order valence-electron chi connectivity index (χ3n) is 10.3. The second kappa shape index (κ2) is 9.76. The Morgan fingerprint density at radius 2 is 1.33 bits per heavy atom. The molecule has 0 unspecified atom stereocenters. The van der Waals surface area contributed by atoms with Crippen molar-refractivity contribution in [1.82, 2.24) is 0 Å². The van der Waals surface area contributed by atoms with Crippen molar-refractivity contribution in [1.29, 1.82) is 0 Å². The smallest absolute Gasteiger partial charge is 0.299 e. The molecule has 5 heteroatoms. The lowest BCUT2D eigenvalue weighted by atomic mass is 9.50. The summed E-state index contributed by atoms with van der Waals surface area (Å²) in [5.41, 5.74) is 1.97. The summed E-state index contributed by atoms with van der Waals surface area (Å²) in [5, 5.41) is 0.0961. The molecule has 0 aromatic heterocycles. The number of allylic oxidation sites excluding steroid dienone is 1. The van der Waals surface area contributed by atoms with E-state index in [9.17, 15) is 4.79 Å². The predicted octanol–water partition coefficient (Wildman–Crippen LogP) is 9.72. The van der Waals surface area contributed by atoms with Gasteiger partial charge in [-0.1, -0.05) is 91.6 Å². The number of rotatable bonds is 5. The van der Waals surface area contributed by atoms with Crippen molar-refractivity contribution in [2.45, 2.75) is 130 Å². The largest absolute Gasteiger partial charge is 0.543 e. The molecule has 2 saturated carbocycles. The molecule has 36 heavy (non-hydrogen) atoms. The zero-order valence-corrected chi connectivity index (χ0v) is 27.1. The van der Waals surface area contributed by atoms with Crippen LogP contribution in [0.3, 0.4) is 0 Å². The molecule has 2 fully saturated rings. The van der Waals surface area contributed by atoms with E-state index in [1.807, 2.05) is 0 Å². The molecular formula is C31H52O3Si2. The van der Waals surface area contributed by atoms with Gasteiger partial charge in [0.1, 0.15) is 5.76 Å². The Morgan fingerprint density at radius 1 is 0.806 bits per heavy atom. The first-order valence-electron chi connectivity index (χ1n) is 14.1. The standard InChI is InChI=1S/C31H52O3Si2/c1-28(2,3)35(8,9)33-26(24-17-13-12-14-18-24)25-19-22-30(7)20-15-16-21-31(30,23-25)27(32)34-36(10,11)29(4,5)6/h12-14,17-18H,15-16,19-23H2,1-11H3/b26-25-/t30-,31-/m1/s1. The van der Waals surface area contributed by atoms with E-state index in [1.165, 1.54) is 12.0 Å². The Morgan fingerprint density at radius 3 is 1.89 bits per heavy atom. The van der Waals surface area contributed by atoms with E-state index in [1.54, 1.807) is 0 Å². The molecule has 2 atom stereocenters. The molecular weight excluding hydrogens is 477 g/mol. The number of hydrogen-bond acceptors (Lipinski definition) is 3. The molecule has 3 nitrogen and oxygen atoms in total. The molecule has 0 amide bonds. The molecule has 0 aliphatic heterocycles. The van der Waals surface area contributed by atoms with Crippen molar-refractivity contribution in [2.75, 3.05) is 0 Å². The van der Waals surface area contributed by atoms with Crippen LogP contribution in [0, 0.1) is 10.8 Å². The molecule has 0 spiro atoms. The molecule has 2 aliphatic rings. The Balaban J connectivity index is 2.13. The molecule has 0 bridgehead atoms. The summed E-state index contributed by atoms with van der Waals surface area (Å²) >= 11 is 0. The maximum absolute atomic E-state index is 14.3. The van der Waals surface area contributed by atoms with Gasteiger partial charge in [-0.05, 0) is 79.4 Å². The normalized spacial score (nSPS) is 27.2. The Hall–Kier alpha value is -1.34. The fourth-order valence-corrected chi connectivity index (χ4v) is 7.50. The summed E-state index contributed by atoms with van der Waals surface area (Å²) < 4.78 is 13.7. The zero-order chi connectivity index (χ0) is 27.2. The molecule has 0 radical (unpaired) electrons. The van der Waals surface area contributed by atoms with E-state index in [2.05, 4.69) is 105 Å². The van der Waals surface area contributed by atoms with E-state index in [0.717, 1.165) is 49.8 Å².